The molecule has 3 N–H and O–H groups in total. The van der Waals surface area contributed by atoms with Gasteiger partial charge in [0.05, 0.1) is 17.2 Å². The van der Waals surface area contributed by atoms with Crippen molar-refractivity contribution >= 4 is 16.8 Å². The molecule has 0 radical (unpaired) electrons. The van der Waals surface area contributed by atoms with Crippen LogP contribution < -0.4 is 16.2 Å². The van der Waals surface area contributed by atoms with Crippen LogP contribution in [0, 0.1) is 0 Å². The van der Waals surface area contributed by atoms with Crippen LogP contribution in [0.3, 0.4) is 0 Å². The normalized spacial score (nSPS) is 16.4. The number of fused-ring (bicyclic) bond motifs is 2. The molecule has 25 heavy (non-hydrogen) atoms. The Balaban J connectivity index is 1.51. The summed E-state index contributed by atoms with van der Waals surface area (Å²) in [5.41, 5.74) is 3.36. The Morgan fingerprint density at radius 2 is 2.12 bits per heavy atom. The number of amides is 1. The highest BCUT2D eigenvalue weighted by Gasteiger charge is 2.20. The van der Waals surface area contributed by atoms with E-state index in [1.807, 2.05) is 12.1 Å². The number of rotatable bonds is 3. The number of benzene rings is 2. The fourth-order valence-electron chi connectivity index (χ4n) is 3.28. The molecule has 6 nitrogen and oxygen atoms in total. The average Bonchev–Trinajstić information content (AvgIpc) is 2.66. The van der Waals surface area contributed by atoms with Crippen LogP contribution in [0.1, 0.15) is 27.5 Å². The van der Waals surface area contributed by atoms with Gasteiger partial charge in [0.1, 0.15) is 0 Å². The van der Waals surface area contributed by atoms with Crippen molar-refractivity contribution in [2.45, 2.75) is 12.5 Å². The number of aromatic amines is 1. The fourth-order valence-corrected chi connectivity index (χ4v) is 3.28. The fraction of sp³-hybridized carbons (Fsp3) is 0.211. The van der Waals surface area contributed by atoms with Gasteiger partial charge in [0.25, 0.3) is 11.5 Å². The summed E-state index contributed by atoms with van der Waals surface area (Å²) >= 11 is 0. The number of H-pyrrole nitrogens is 1. The summed E-state index contributed by atoms with van der Waals surface area (Å²) in [6, 6.07) is 13.3. The Kier molecular flexibility index (Phi) is 4.03. The van der Waals surface area contributed by atoms with Crippen molar-refractivity contribution < 1.29 is 4.79 Å². The van der Waals surface area contributed by atoms with Gasteiger partial charge in [-0.25, -0.2) is 4.98 Å². The maximum Gasteiger partial charge on any atom is 0.258 e. The lowest BCUT2D eigenvalue weighted by atomic mass is 9.94. The third-order valence-electron chi connectivity index (χ3n) is 4.59. The standard InChI is InChI=1S/C19H18N4O2/c24-18(13-5-6-15-16(9-13)22-11-23-19(15)25)21-10-17-14-4-2-1-3-12(14)7-8-20-17/h1-6,9,11,17,20H,7-8,10H2,(H,21,24)(H,22,23,25). The van der Waals surface area contributed by atoms with E-state index in [2.05, 4.69) is 32.7 Å². The van der Waals surface area contributed by atoms with Gasteiger partial charge in [-0.2, -0.15) is 0 Å². The third kappa shape index (κ3) is 3.04. The maximum absolute atomic E-state index is 12.5. The number of nitrogens with zero attached hydrogens (tertiary/aromatic N) is 1. The Labute approximate surface area is 144 Å². The second-order valence-corrected chi connectivity index (χ2v) is 6.13. The lowest BCUT2D eigenvalue weighted by Crippen LogP contribution is -2.38. The van der Waals surface area contributed by atoms with Gasteiger partial charge in [-0.3, -0.25) is 9.59 Å². The average molecular weight is 334 g/mol. The van der Waals surface area contributed by atoms with Crippen LogP contribution in [-0.4, -0.2) is 29.0 Å². The van der Waals surface area contributed by atoms with Crippen molar-refractivity contribution in [3.63, 3.8) is 0 Å². The molecule has 1 amide bonds. The van der Waals surface area contributed by atoms with E-state index in [1.165, 1.54) is 17.5 Å². The topological polar surface area (TPSA) is 86.9 Å². The number of aromatic nitrogens is 2. The molecule has 0 aliphatic carbocycles. The van der Waals surface area contributed by atoms with E-state index in [-0.39, 0.29) is 17.5 Å². The van der Waals surface area contributed by atoms with Crippen LogP contribution in [0.2, 0.25) is 0 Å². The molecule has 2 heterocycles. The molecule has 1 aliphatic heterocycles. The molecule has 0 saturated heterocycles. The van der Waals surface area contributed by atoms with Crippen molar-refractivity contribution in [3.05, 3.63) is 75.8 Å². The minimum atomic E-state index is -0.208. The monoisotopic (exact) mass is 334 g/mol. The van der Waals surface area contributed by atoms with Crippen LogP contribution >= 0.6 is 0 Å². The van der Waals surface area contributed by atoms with Crippen LogP contribution in [0.15, 0.2) is 53.6 Å². The molecule has 3 aromatic rings. The molecule has 0 saturated carbocycles. The number of hydrogen-bond donors (Lipinski definition) is 3. The quantitative estimate of drug-likeness (QED) is 0.678. The molecular weight excluding hydrogens is 316 g/mol. The molecule has 1 aromatic heterocycles. The molecular formula is C19H18N4O2. The second kappa shape index (κ2) is 6.49. The first kappa shape index (κ1) is 15.5. The van der Waals surface area contributed by atoms with Crippen LogP contribution in [0.4, 0.5) is 0 Å². The van der Waals surface area contributed by atoms with E-state index >= 15 is 0 Å². The van der Waals surface area contributed by atoms with Crippen molar-refractivity contribution in [2.75, 3.05) is 13.1 Å². The molecule has 1 aliphatic rings. The molecule has 1 atom stereocenters. The van der Waals surface area contributed by atoms with Crippen molar-refractivity contribution in [2.24, 2.45) is 0 Å². The van der Waals surface area contributed by atoms with E-state index in [9.17, 15) is 9.59 Å². The Morgan fingerprint density at radius 3 is 3.04 bits per heavy atom. The minimum Gasteiger partial charge on any atom is -0.350 e. The summed E-state index contributed by atoms with van der Waals surface area (Å²) in [5.74, 6) is -0.172. The molecule has 6 heteroatoms. The van der Waals surface area contributed by atoms with Gasteiger partial charge in [0, 0.05) is 18.2 Å². The van der Waals surface area contributed by atoms with Crippen LogP contribution in [0.5, 0.6) is 0 Å². The lowest BCUT2D eigenvalue weighted by molar-refractivity contribution is 0.0949. The maximum atomic E-state index is 12.5. The van der Waals surface area contributed by atoms with E-state index in [1.54, 1.807) is 18.2 Å². The van der Waals surface area contributed by atoms with E-state index in [0.29, 0.717) is 23.0 Å². The van der Waals surface area contributed by atoms with Crippen molar-refractivity contribution in [3.8, 4) is 0 Å². The van der Waals surface area contributed by atoms with Crippen molar-refractivity contribution in [1.82, 2.24) is 20.6 Å². The molecule has 0 spiro atoms. The lowest BCUT2D eigenvalue weighted by Gasteiger charge is -2.27. The number of hydrogen-bond acceptors (Lipinski definition) is 4. The Bertz CT molecular complexity index is 996. The summed E-state index contributed by atoms with van der Waals surface area (Å²) in [6.45, 7) is 1.41. The molecule has 2 aromatic carbocycles. The molecule has 0 bridgehead atoms. The smallest absolute Gasteiger partial charge is 0.258 e. The molecule has 0 fully saturated rings. The second-order valence-electron chi connectivity index (χ2n) is 6.13. The summed E-state index contributed by atoms with van der Waals surface area (Å²) in [7, 11) is 0. The van der Waals surface area contributed by atoms with Crippen LogP contribution in [0.25, 0.3) is 10.9 Å². The summed E-state index contributed by atoms with van der Waals surface area (Å²) in [4.78, 5) is 30.8. The summed E-state index contributed by atoms with van der Waals surface area (Å²) in [6.07, 6.45) is 2.35. The first-order valence-electron chi connectivity index (χ1n) is 8.29. The highest BCUT2D eigenvalue weighted by molar-refractivity contribution is 5.97. The highest BCUT2D eigenvalue weighted by atomic mass is 16.1. The number of nitrogens with one attached hydrogen (secondary N) is 3. The Morgan fingerprint density at radius 1 is 1.24 bits per heavy atom. The van der Waals surface area contributed by atoms with Gasteiger partial charge in [-0.1, -0.05) is 24.3 Å². The van der Waals surface area contributed by atoms with Gasteiger partial charge >= 0.3 is 0 Å². The van der Waals surface area contributed by atoms with E-state index in [4.69, 9.17) is 0 Å². The van der Waals surface area contributed by atoms with Gasteiger partial charge in [-0.15, -0.1) is 0 Å². The van der Waals surface area contributed by atoms with Gasteiger partial charge in [0.15, 0.2) is 0 Å². The van der Waals surface area contributed by atoms with Crippen molar-refractivity contribution in [1.29, 1.82) is 0 Å². The third-order valence-corrected chi connectivity index (χ3v) is 4.59. The predicted octanol–water partition coefficient (Wildman–Crippen LogP) is 1.54. The first-order chi connectivity index (χ1) is 12.2. The largest absolute Gasteiger partial charge is 0.350 e. The zero-order valence-electron chi connectivity index (χ0n) is 13.6. The first-order valence-corrected chi connectivity index (χ1v) is 8.29. The number of carbonyl (C=O) groups is 1. The highest BCUT2D eigenvalue weighted by Crippen LogP contribution is 2.22. The predicted molar refractivity (Wildman–Crippen MR) is 95.6 cm³/mol. The van der Waals surface area contributed by atoms with Gasteiger partial charge < -0.3 is 15.6 Å². The summed E-state index contributed by atoms with van der Waals surface area (Å²) in [5, 5.41) is 6.89. The van der Waals surface area contributed by atoms with E-state index < -0.39 is 0 Å². The summed E-state index contributed by atoms with van der Waals surface area (Å²) < 4.78 is 0. The Hall–Kier alpha value is -2.99. The number of carbonyl (C=O) groups excluding carboxylic acids is 1. The molecule has 126 valence electrons. The van der Waals surface area contributed by atoms with Gasteiger partial charge in [0.2, 0.25) is 0 Å². The van der Waals surface area contributed by atoms with Crippen LogP contribution in [-0.2, 0) is 6.42 Å². The molecule has 1 unspecified atom stereocenters. The zero-order valence-corrected chi connectivity index (χ0v) is 13.6. The van der Waals surface area contributed by atoms with E-state index in [0.717, 1.165) is 13.0 Å². The minimum absolute atomic E-state index is 0.107. The molecule has 4 rings (SSSR count). The zero-order chi connectivity index (χ0) is 17.2. The SMILES string of the molecule is O=C(NCC1NCCc2ccccc21)c1ccc2c(=O)[nH]cnc2c1. The van der Waals surface area contributed by atoms with Gasteiger partial charge in [-0.05, 0) is 42.3 Å².